The number of anilines is 1. The lowest BCUT2D eigenvalue weighted by Crippen LogP contribution is -2.42. The van der Waals surface area contributed by atoms with Crippen LogP contribution in [0.5, 0.6) is 0 Å². The Morgan fingerprint density at radius 2 is 1.81 bits per heavy atom. The van der Waals surface area contributed by atoms with E-state index in [2.05, 4.69) is 32.7 Å². The maximum atomic E-state index is 13.2. The van der Waals surface area contributed by atoms with Crippen LogP contribution < -0.4 is 10.6 Å². The SMILES string of the molecule is O=C(CN1Cc2ccc(-c3nc(NC4CCOCC4)ncc3Cl)cc2C1=O)NC1Cc2ccccc2C1. The van der Waals surface area contributed by atoms with E-state index in [9.17, 15) is 9.59 Å². The van der Waals surface area contributed by atoms with Crippen LogP contribution in [0.1, 0.15) is 39.9 Å². The largest absolute Gasteiger partial charge is 0.381 e. The Morgan fingerprint density at radius 1 is 1.05 bits per heavy atom. The molecular weight excluding hydrogens is 490 g/mol. The van der Waals surface area contributed by atoms with Crippen molar-refractivity contribution in [2.24, 2.45) is 0 Å². The highest BCUT2D eigenvalue weighted by molar-refractivity contribution is 6.33. The molecule has 0 saturated carbocycles. The Morgan fingerprint density at radius 3 is 2.57 bits per heavy atom. The van der Waals surface area contributed by atoms with Crippen LogP contribution in [-0.4, -0.2) is 58.5 Å². The molecule has 0 unspecified atom stereocenters. The highest BCUT2D eigenvalue weighted by Crippen LogP contribution is 2.32. The van der Waals surface area contributed by atoms with Gasteiger partial charge in [-0.15, -0.1) is 0 Å². The molecule has 0 spiro atoms. The van der Waals surface area contributed by atoms with Crippen LogP contribution in [0, 0.1) is 0 Å². The van der Waals surface area contributed by atoms with E-state index in [-0.39, 0.29) is 30.4 Å². The summed E-state index contributed by atoms with van der Waals surface area (Å²) in [7, 11) is 0. The highest BCUT2D eigenvalue weighted by atomic mass is 35.5. The average Bonchev–Trinajstić information content (AvgIpc) is 3.45. The summed E-state index contributed by atoms with van der Waals surface area (Å²) in [5, 5.41) is 6.88. The van der Waals surface area contributed by atoms with E-state index in [1.807, 2.05) is 30.3 Å². The van der Waals surface area contributed by atoms with Crippen LogP contribution in [0.2, 0.25) is 5.02 Å². The summed E-state index contributed by atoms with van der Waals surface area (Å²) in [6.07, 6.45) is 5.02. The molecule has 1 aliphatic carbocycles. The van der Waals surface area contributed by atoms with Crippen molar-refractivity contribution in [2.45, 2.75) is 44.3 Å². The number of benzene rings is 2. The first-order chi connectivity index (χ1) is 18.0. The van der Waals surface area contributed by atoms with Crippen molar-refractivity contribution in [2.75, 3.05) is 25.1 Å². The number of carbonyl (C=O) groups excluding carboxylic acids is 2. The van der Waals surface area contributed by atoms with Gasteiger partial charge in [0.25, 0.3) is 5.91 Å². The van der Waals surface area contributed by atoms with E-state index >= 15 is 0 Å². The zero-order valence-corrected chi connectivity index (χ0v) is 21.1. The number of nitrogens with zero attached hydrogens (tertiary/aromatic N) is 3. The third kappa shape index (κ3) is 5.04. The summed E-state index contributed by atoms with van der Waals surface area (Å²) in [5.41, 5.74) is 5.33. The van der Waals surface area contributed by atoms with Gasteiger partial charge in [0.05, 0.1) is 16.9 Å². The fourth-order valence-electron chi connectivity index (χ4n) is 5.41. The average molecular weight is 518 g/mol. The Kier molecular flexibility index (Phi) is 6.52. The van der Waals surface area contributed by atoms with Gasteiger partial charge in [0.1, 0.15) is 6.54 Å². The number of nitrogens with one attached hydrogen (secondary N) is 2. The molecule has 2 amide bonds. The lowest BCUT2D eigenvalue weighted by Gasteiger charge is -2.23. The van der Waals surface area contributed by atoms with Crippen molar-refractivity contribution in [1.82, 2.24) is 20.2 Å². The van der Waals surface area contributed by atoms with Crippen LogP contribution in [0.15, 0.2) is 48.7 Å². The van der Waals surface area contributed by atoms with E-state index in [0.29, 0.717) is 42.0 Å². The fourth-order valence-corrected chi connectivity index (χ4v) is 5.61. The van der Waals surface area contributed by atoms with Gasteiger partial charge < -0.3 is 20.3 Å². The zero-order chi connectivity index (χ0) is 25.4. The minimum atomic E-state index is -0.160. The van der Waals surface area contributed by atoms with Gasteiger partial charge in [-0.25, -0.2) is 9.97 Å². The van der Waals surface area contributed by atoms with Crippen molar-refractivity contribution < 1.29 is 14.3 Å². The van der Waals surface area contributed by atoms with Crippen LogP contribution in [0.4, 0.5) is 5.95 Å². The van der Waals surface area contributed by atoms with E-state index in [4.69, 9.17) is 16.3 Å². The quantitative estimate of drug-likeness (QED) is 0.518. The molecule has 1 fully saturated rings. The van der Waals surface area contributed by atoms with Gasteiger partial charge in [0.2, 0.25) is 11.9 Å². The molecule has 0 bridgehead atoms. The molecule has 2 aromatic carbocycles. The Bertz CT molecular complexity index is 1330. The van der Waals surface area contributed by atoms with Crippen molar-refractivity contribution in [1.29, 1.82) is 0 Å². The second kappa shape index (κ2) is 10.1. The number of ether oxygens (including phenoxy) is 1. The minimum absolute atomic E-state index is 0.0309. The van der Waals surface area contributed by atoms with Crippen molar-refractivity contribution >= 4 is 29.4 Å². The first kappa shape index (κ1) is 23.9. The molecule has 9 heteroatoms. The number of halogens is 1. The molecule has 1 aromatic heterocycles. The Hall–Kier alpha value is -3.49. The number of carbonyl (C=O) groups is 2. The second-order valence-corrected chi connectivity index (χ2v) is 10.3. The number of fused-ring (bicyclic) bond motifs is 2. The van der Waals surface area contributed by atoms with Gasteiger partial charge in [-0.05, 0) is 48.4 Å². The van der Waals surface area contributed by atoms with Gasteiger partial charge in [0.15, 0.2) is 0 Å². The standard InChI is InChI=1S/C28H28ClN5O3/c29-24-14-30-28(32-21-7-9-37-10-8-21)33-26(24)19-5-6-20-15-34(27(36)23(20)13-19)16-25(35)31-22-11-17-3-1-2-4-18(17)12-22/h1-6,13-14,21-22H,7-12,15-16H2,(H,31,35)(H,30,32,33). The molecule has 1 saturated heterocycles. The second-order valence-electron chi connectivity index (χ2n) is 9.90. The van der Waals surface area contributed by atoms with Gasteiger partial charge >= 0.3 is 0 Å². The number of aromatic nitrogens is 2. The van der Waals surface area contributed by atoms with Gasteiger partial charge in [0, 0.05) is 43.0 Å². The normalized spacial score (nSPS) is 17.5. The van der Waals surface area contributed by atoms with E-state index in [1.165, 1.54) is 11.1 Å². The van der Waals surface area contributed by atoms with Crippen LogP contribution in [0.25, 0.3) is 11.3 Å². The molecule has 0 atom stereocenters. The third-order valence-corrected chi connectivity index (χ3v) is 7.59. The summed E-state index contributed by atoms with van der Waals surface area (Å²) < 4.78 is 5.42. The summed E-state index contributed by atoms with van der Waals surface area (Å²) in [5.74, 6) is 0.208. The summed E-state index contributed by atoms with van der Waals surface area (Å²) >= 11 is 6.45. The maximum absolute atomic E-state index is 13.2. The molecule has 0 radical (unpaired) electrons. The van der Waals surface area contributed by atoms with E-state index < -0.39 is 0 Å². The van der Waals surface area contributed by atoms with E-state index in [1.54, 1.807) is 11.1 Å². The summed E-state index contributed by atoms with van der Waals surface area (Å²) in [6, 6.07) is 14.2. The lowest BCUT2D eigenvalue weighted by atomic mass is 10.0. The first-order valence-corrected chi connectivity index (χ1v) is 13.1. The van der Waals surface area contributed by atoms with Crippen LogP contribution >= 0.6 is 11.6 Å². The molecule has 2 aliphatic heterocycles. The molecule has 3 aromatic rings. The molecule has 3 heterocycles. The minimum Gasteiger partial charge on any atom is -0.381 e. The lowest BCUT2D eigenvalue weighted by molar-refractivity contribution is -0.122. The number of hydrogen-bond acceptors (Lipinski definition) is 6. The monoisotopic (exact) mass is 517 g/mol. The predicted molar refractivity (Wildman–Crippen MR) is 140 cm³/mol. The molecule has 190 valence electrons. The highest BCUT2D eigenvalue weighted by Gasteiger charge is 2.31. The number of hydrogen-bond donors (Lipinski definition) is 2. The first-order valence-electron chi connectivity index (χ1n) is 12.7. The molecule has 2 N–H and O–H groups in total. The van der Waals surface area contributed by atoms with E-state index in [0.717, 1.165) is 36.8 Å². The Balaban J connectivity index is 1.12. The maximum Gasteiger partial charge on any atom is 0.254 e. The van der Waals surface area contributed by atoms with Crippen molar-refractivity contribution in [3.05, 3.63) is 75.9 Å². The molecule has 3 aliphatic rings. The number of amides is 2. The smallest absolute Gasteiger partial charge is 0.254 e. The fraction of sp³-hybridized carbons (Fsp3) is 0.357. The summed E-state index contributed by atoms with van der Waals surface area (Å²) in [6.45, 7) is 1.87. The van der Waals surface area contributed by atoms with Gasteiger partial charge in [-0.3, -0.25) is 9.59 Å². The molecule has 8 nitrogen and oxygen atoms in total. The van der Waals surface area contributed by atoms with Gasteiger partial charge in [-0.1, -0.05) is 48.0 Å². The van der Waals surface area contributed by atoms with Crippen LogP contribution in [0.3, 0.4) is 0 Å². The molecular formula is C28H28ClN5O3. The molecule has 37 heavy (non-hydrogen) atoms. The Labute approximate surface area is 220 Å². The zero-order valence-electron chi connectivity index (χ0n) is 20.4. The summed E-state index contributed by atoms with van der Waals surface area (Å²) in [4.78, 5) is 36.5. The van der Waals surface area contributed by atoms with Crippen molar-refractivity contribution in [3.8, 4) is 11.3 Å². The number of rotatable bonds is 6. The predicted octanol–water partition coefficient (Wildman–Crippen LogP) is 3.63. The third-order valence-electron chi connectivity index (χ3n) is 7.31. The molecule has 6 rings (SSSR count). The topological polar surface area (TPSA) is 96.5 Å². The van der Waals surface area contributed by atoms with Crippen LogP contribution in [-0.2, 0) is 28.9 Å². The van der Waals surface area contributed by atoms with Crippen molar-refractivity contribution in [3.63, 3.8) is 0 Å². The van der Waals surface area contributed by atoms with Gasteiger partial charge in [-0.2, -0.15) is 0 Å².